The Morgan fingerprint density at radius 3 is 1.36 bits per heavy atom. The summed E-state index contributed by atoms with van der Waals surface area (Å²) >= 11 is -0.816. The van der Waals surface area contributed by atoms with Gasteiger partial charge in [-0.2, -0.15) is 0 Å². The molecule has 33 heavy (non-hydrogen) atoms. The van der Waals surface area contributed by atoms with Crippen molar-refractivity contribution in [2.45, 2.75) is 31.9 Å². The molecule has 2 spiro atoms. The van der Waals surface area contributed by atoms with Crippen molar-refractivity contribution in [2.75, 3.05) is 0 Å². The second-order valence-electron chi connectivity index (χ2n) is 9.85. The van der Waals surface area contributed by atoms with Crippen LogP contribution in [0.1, 0.15) is 47.9 Å². The topological polar surface area (TPSA) is 0 Å². The molecule has 0 aromatic heterocycles. The van der Waals surface area contributed by atoms with E-state index in [9.17, 15) is 0 Å². The van der Waals surface area contributed by atoms with Gasteiger partial charge in [-0.1, -0.05) is 0 Å². The van der Waals surface area contributed by atoms with E-state index in [-0.39, 0.29) is 24.8 Å². The van der Waals surface area contributed by atoms with Crippen LogP contribution in [0.5, 0.6) is 0 Å². The van der Waals surface area contributed by atoms with Gasteiger partial charge in [-0.15, -0.1) is 24.8 Å². The minimum atomic E-state index is -0.816. The minimum absolute atomic E-state index is 0. The van der Waals surface area contributed by atoms with Gasteiger partial charge < -0.3 is 0 Å². The number of rotatable bonds is 0. The summed E-state index contributed by atoms with van der Waals surface area (Å²) in [6, 6.07) is 28.0. The zero-order valence-electron chi connectivity index (χ0n) is 18.2. The fourth-order valence-electron chi connectivity index (χ4n) is 7.05. The Morgan fingerprint density at radius 1 is 0.545 bits per heavy atom. The normalized spacial score (nSPS) is 25.5. The van der Waals surface area contributed by atoms with Gasteiger partial charge in [0.1, 0.15) is 0 Å². The van der Waals surface area contributed by atoms with E-state index in [1.807, 2.05) is 0 Å². The summed E-state index contributed by atoms with van der Waals surface area (Å²) in [7, 11) is 0. The van der Waals surface area contributed by atoms with Crippen molar-refractivity contribution in [2.24, 2.45) is 0 Å². The molecule has 0 radical (unpaired) electrons. The van der Waals surface area contributed by atoms with Crippen molar-refractivity contribution in [1.29, 1.82) is 0 Å². The first-order valence-electron chi connectivity index (χ1n) is 11.5. The summed E-state index contributed by atoms with van der Waals surface area (Å²) in [5.74, 6) is 0. The molecule has 0 saturated carbocycles. The first-order chi connectivity index (χ1) is 15.3. The van der Waals surface area contributed by atoms with Gasteiger partial charge in [-0.25, -0.2) is 0 Å². The minimum Gasteiger partial charge on any atom is -0.147 e. The quantitative estimate of drug-likeness (QED) is 0.208. The number of hydrogen-bond acceptors (Lipinski definition) is 0. The van der Waals surface area contributed by atoms with Gasteiger partial charge in [0, 0.05) is 0 Å². The molecular formula is C30H24Cl2Zr. The van der Waals surface area contributed by atoms with E-state index in [4.69, 9.17) is 0 Å². The molecule has 2 saturated heterocycles. The zero-order chi connectivity index (χ0) is 20.2. The van der Waals surface area contributed by atoms with E-state index in [1.54, 1.807) is 22.3 Å². The first-order valence-corrected chi connectivity index (χ1v) is 14.0. The Morgan fingerprint density at radius 2 is 0.939 bits per heavy atom. The Bertz CT molecular complexity index is 1420. The summed E-state index contributed by atoms with van der Waals surface area (Å²) in [5.41, 5.74) is 9.96. The number of fused-ring (bicyclic) bond motifs is 4. The van der Waals surface area contributed by atoms with Crippen molar-refractivity contribution < 1.29 is 23.2 Å². The molecule has 0 nitrogen and oxygen atoms in total. The monoisotopic (exact) mass is 544 g/mol. The fraction of sp³-hybridized carbons (Fsp3) is 0.200. The second-order valence-corrected chi connectivity index (χ2v) is 14.7. The Labute approximate surface area is 218 Å². The maximum atomic E-state index is 2.60. The molecule has 3 heteroatoms. The molecule has 0 N–H and O–H groups in total. The Hall–Kier alpha value is -1.66. The van der Waals surface area contributed by atoms with E-state index < -0.39 is 23.2 Å². The van der Waals surface area contributed by atoms with Crippen molar-refractivity contribution in [3.8, 4) is 0 Å². The summed E-state index contributed by atoms with van der Waals surface area (Å²) in [6.45, 7) is 0. The van der Waals surface area contributed by atoms with Crippen LogP contribution in [0.3, 0.4) is 0 Å². The molecular weight excluding hydrogens is 522 g/mol. The van der Waals surface area contributed by atoms with Crippen LogP contribution in [0.25, 0.3) is 33.7 Å². The van der Waals surface area contributed by atoms with Gasteiger partial charge in [-0.3, -0.25) is 0 Å². The van der Waals surface area contributed by atoms with E-state index >= 15 is 0 Å². The van der Waals surface area contributed by atoms with Gasteiger partial charge in [0.15, 0.2) is 0 Å². The van der Waals surface area contributed by atoms with Gasteiger partial charge in [0.2, 0.25) is 0 Å². The van der Waals surface area contributed by atoms with Crippen LogP contribution in [0.4, 0.5) is 0 Å². The molecule has 4 aliphatic rings. The molecule has 2 fully saturated rings. The van der Waals surface area contributed by atoms with Crippen molar-refractivity contribution in [3.05, 3.63) is 106 Å². The average molecular weight is 547 g/mol. The van der Waals surface area contributed by atoms with Gasteiger partial charge in [0.25, 0.3) is 0 Å². The van der Waals surface area contributed by atoms with Crippen LogP contribution >= 0.6 is 24.8 Å². The van der Waals surface area contributed by atoms with Gasteiger partial charge in [-0.05, 0) is 0 Å². The number of halogens is 2. The van der Waals surface area contributed by atoms with Crippen LogP contribution in [0.2, 0.25) is 0 Å². The standard InChI is InChI=1S/C30H22.2ClH.Zr/c1-3-7-21-17-29-25(13-19(21)5-1)15-23-9-10-24-16-26-14-20-6-2-4-8-22(20)18-30(26)28(24)12-11-27(23)29;;;/h1-8,13-18H,9-12H2;2*1H;. The molecule has 2 unspecified atom stereocenters. The van der Waals surface area contributed by atoms with E-state index in [0.717, 1.165) is 0 Å². The zero-order valence-corrected chi connectivity index (χ0v) is 22.3. The number of hydrogen-bond donors (Lipinski definition) is 0. The van der Waals surface area contributed by atoms with E-state index in [2.05, 4.69) is 84.9 Å². The molecule has 2 heterocycles. The summed E-state index contributed by atoms with van der Waals surface area (Å²) in [6.07, 6.45) is 10.4. The SMILES string of the molecule is C1=C2CCC3=Cc4cc5ccccc5cc4[C]34CC[C]2([Zr]4)c2cc3ccccc3cc21.Cl.Cl. The first kappa shape index (κ1) is 21.8. The summed E-state index contributed by atoms with van der Waals surface area (Å²) in [4.78, 5) is 0. The predicted molar refractivity (Wildman–Crippen MR) is 140 cm³/mol. The second kappa shape index (κ2) is 7.42. The van der Waals surface area contributed by atoms with Crippen LogP contribution in [-0.4, -0.2) is 0 Å². The Balaban J connectivity index is 0.00000103. The molecule has 8 rings (SSSR count). The molecule has 0 amide bonds. The largest absolute Gasteiger partial charge is 0.147 e. The van der Waals surface area contributed by atoms with E-state index in [1.165, 1.54) is 58.4 Å². The molecule has 4 aromatic rings. The third-order valence-corrected chi connectivity index (χ3v) is 14.7. The molecule has 2 atom stereocenters. The molecule has 2 bridgehead atoms. The molecule has 4 aromatic carbocycles. The third kappa shape index (κ3) is 2.74. The maximum Gasteiger partial charge on any atom is -0.147 e. The van der Waals surface area contributed by atoms with Gasteiger partial charge >= 0.3 is 195 Å². The Kier molecular flexibility index (Phi) is 4.91. The van der Waals surface area contributed by atoms with Crippen LogP contribution < -0.4 is 0 Å². The third-order valence-electron chi connectivity index (χ3n) is 8.48. The predicted octanol–water partition coefficient (Wildman–Crippen LogP) is 8.39. The average Bonchev–Trinajstić information content (AvgIpc) is 3.40. The maximum absolute atomic E-state index is 2.60. The van der Waals surface area contributed by atoms with E-state index in [0.29, 0.717) is 6.25 Å². The smallest absolute Gasteiger partial charge is 0.147 e. The van der Waals surface area contributed by atoms with Crippen molar-refractivity contribution in [3.63, 3.8) is 0 Å². The molecule has 162 valence electrons. The number of benzene rings is 4. The fourth-order valence-corrected chi connectivity index (χ4v) is 13.6. The van der Waals surface area contributed by atoms with Crippen molar-refractivity contribution >= 4 is 58.5 Å². The van der Waals surface area contributed by atoms with Gasteiger partial charge in [0.05, 0.1) is 0 Å². The molecule has 2 aliphatic heterocycles. The van der Waals surface area contributed by atoms with Crippen LogP contribution in [0.15, 0.2) is 83.9 Å². The molecule has 2 aliphatic carbocycles. The number of allylic oxidation sites excluding steroid dienone is 2. The summed E-state index contributed by atoms with van der Waals surface area (Å²) < 4.78 is 0.817. The summed E-state index contributed by atoms with van der Waals surface area (Å²) in [5, 5.41) is 5.62. The van der Waals surface area contributed by atoms with Crippen LogP contribution in [0, 0.1) is 0 Å². The van der Waals surface area contributed by atoms with Crippen molar-refractivity contribution in [1.82, 2.24) is 0 Å². The van der Waals surface area contributed by atoms with Crippen LogP contribution in [-0.2, 0) is 29.5 Å².